The molecule has 0 aliphatic carbocycles. The Labute approximate surface area is 86.7 Å². The van der Waals surface area contributed by atoms with Crippen molar-refractivity contribution in [2.45, 2.75) is 24.4 Å². The molecule has 9 heteroatoms. The molecule has 0 amide bonds. The summed E-state index contributed by atoms with van der Waals surface area (Å²) in [4.78, 5) is 18.7. The largest absolute Gasteiger partial charge is 0.307 e. The van der Waals surface area contributed by atoms with Crippen molar-refractivity contribution in [2.24, 2.45) is 23.6 Å². The number of hydrogen-bond acceptors (Lipinski definition) is 9. The van der Waals surface area contributed by atoms with Crippen molar-refractivity contribution < 1.29 is 19.4 Å². The monoisotopic (exact) mass is 223 g/mol. The molecule has 0 bridgehead atoms. The van der Waals surface area contributed by atoms with Gasteiger partial charge in [-0.2, -0.15) is 0 Å². The molecule has 1 aliphatic rings. The molecule has 4 unspecified atom stereocenters. The first-order chi connectivity index (χ1) is 7.28. The molecule has 0 aromatic carbocycles. The molecule has 90 valence electrons. The third kappa shape index (κ3) is 2.81. The van der Waals surface area contributed by atoms with Crippen LogP contribution in [0.25, 0.3) is 0 Å². The van der Waals surface area contributed by atoms with Crippen molar-refractivity contribution in [1.29, 1.82) is 0 Å². The molecular weight excluding hydrogens is 206 g/mol. The van der Waals surface area contributed by atoms with E-state index in [2.05, 4.69) is 15.0 Å². The molecule has 0 aromatic rings. The fourth-order valence-electron chi connectivity index (χ4n) is 1.66. The van der Waals surface area contributed by atoms with Crippen LogP contribution in [0.1, 0.15) is 0 Å². The van der Waals surface area contributed by atoms with Gasteiger partial charge in [0.1, 0.15) is 18.3 Å². The lowest BCUT2D eigenvalue weighted by Crippen LogP contribution is -2.65. The average molecular weight is 223 g/mol. The van der Waals surface area contributed by atoms with Gasteiger partial charge < -0.3 is 10.2 Å². The zero-order valence-electron chi connectivity index (χ0n) is 8.17. The molecule has 0 aromatic heterocycles. The third-order valence-electron chi connectivity index (χ3n) is 2.43. The normalized spacial score (nSPS) is 36.8. The summed E-state index contributed by atoms with van der Waals surface area (Å²) in [6.07, 6.45) is -1.58. The first-order valence-electron chi connectivity index (χ1n) is 4.40. The Morgan fingerprint density at radius 3 is 2.13 bits per heavy atom. The van der Waals surface area contributed by atoms with Gasteiger partial charge in [0.05, 0.1) is 12.6 Å². The fourth-order valence-corrected chi connectivity index (χ4v) is 1.66. The van der Waals surface area contributed by atoms with Crippen LogP contribution in [0.2, 0.25) is 0 Å². The number of nitrogens with two attached hydrogens (primary N) is 4. The maximum Gasteiger partial charge on any atom is 0.138 e. The standard InChI is InChI=1S/C6H17N5O4/c7-12-2-3-5(14-9)6(15-10)4(13-8)1-11-3/h3-6,11H,1-2,7-10H2. The molecule has 1 saturated heterocycles. The molecule has 1 aliphatic heterocycles. The smallest absolute Gasteiger partial charge is 0.138 e. The van der Waals surface area contributed by atoms with E-state index in [1.807, 2.05) is 0 Å². The highest BCUT2D eigenvalue weighted by molar-refractivity contribution is 4.94. The van der Waals surface area contributed by atoms with Gasteiger partial charge in [0.25, 0.3) is 0 Å². The lowest BCUT2D eigenvalue weighted by Gasteiger charge is -2.39. The van der Waals surface area contributed by atoms with E-state index < -0.39 is 18.3 Å². The van der Waals surface area contributed by atoms with Crippen molar-refractivity contribution in [3.05, 3.63) is 0 Å². The minimum atomic E-state index is -0.582. The fraction of sp³-hybridized carbons (Fsp3) is 1.00. The highest BCUT2D eigenvalue weighted by Crippen LogP contribution is 2.16. The van der Waals surface area contributed by atoms with Gasteiger partial charge in [0, 0.05) is 6.54 Å². The van der Waals surface area contributed by atoms with E-state index in [1.54, 1.807) is 0 Å². The molecule has 0 radical (unpaired) electrons. The molecule has 0 spiro atoms. The molecule has 9 nitrogen and oxygen atoms in total. The van der Waals surface area contributed by atoms with Gasteiger partial charge in [-0.15, -0.1) is 0 Å². The minimum Gasteiger partial charge on any atom is -0.307 e. The predicted molar refractivity (Wildman–Crippen MR) is 49.1 cm³/mol. The Hall–Kier alpha value is -0.360. The number of piperidine rings is 1. The summed E-state index contributed by atoms with van der Waals surface area (Å²) in [6.45, 7) is 0.644. The van der Waals surface area contributed by atoms with Crippen LogP contribution in [0.4, 0.5) is 0 Å². The topological polar surface area (TPSA) is 153 Å². The zero-order chi connectivity index (χ0) is 11.3. The van der Waals surface area contributed by atoms with Gasteiger partial charge in [0.2, 0.25) is 0 Å². The maximum absolute atomic E-state index is 5.14. The van der Waals surface area contributed by atoms with Gasteiger partial charge >= 0.3 is 0 Å². The van der Waals surface area contributed by atoms with E-state index in [0.717, 1.165) is 0 Å². The average Bonchev–Trinajstić information content (AvgIpc) is 2.28. The van der Waals surface area contributed by atoms with Crippen LogP contribution >= 0.6 is 0 Å². The second kappa shape index (κ2) is 6.27. The highest BCUT2D eigenvalue weighted by Gasteiger charge is 2.41. The van der Waals surface area contributed by atoms with Crippen LogP contribution in [-0.4, -0.2) is 37.5 Å². The van der Waals surface area contributed by atoms with Gasteiger partial charge in [-0.3, -0.25) is 14.5 Å². The van der Waals surface area contributed by atoms with Crippen LogP contribution in [0, 0.1) is 0 Å². The lowest BCUT2D eigenvalue weighted by atomic mass is 9.96. The van der Waals surface area contributed by atoms with Crippen molar-refractivity contribution in [3.63, 3.8) is 0 Å². The molecule has 15 heavy (non-hydrogen) atoms. The SMILES string of the molecule is NOCC1NCC(ON)C(ON)C1ON. The molecule has 4 atom stereocenters. The van der Waals surface area contributed by atoms with Crippen molar-refractivity contribution in [1.82, 2.24) is 5.32 Å². The van der Waals surface area contributed by atoms with Crippen molar-refractivity contribution in [2.75, 3.05) is 13.2 Å². The van der Waals surface area contributed by atoms with Crippen LogP contribution in [-0.2, 0) is 19.4 Å². The Kier molecular flexibility index (Phi) is 5.31. The van der Waals surface area contributed by atoms with E-state index >= 15 is 0 Å². The van der Waals surface area contributed by atoms with E-state index in [-0.39, 0.29) is 12.6 Å². The van der Waals surface area contributed by atoms with Gasteiger partial charge in [-0.25, -0.2) is 23.6 Å². The van der Waals surface area contributed by atoms with Crippen LogP contribution in [0.15, 0.2) is 0 Å². The van der Waals surface area contributed by atoms with Crippen molar-refractivity contribution in [3.8, 4) is 0 Å². The molecular formula is C6H17N5O4. The zero-order valence-corrected chi connectivity index (χ0v) is 8.17. The number of nitrogens with one attached hydrogen (secondary N) is 1. The Bertz CT molecular complexity index is 185. The molecule has 1 rings (SSSR count). The van der Waals surface area contributed by atoms with E-state index in [4.69, 9.17) is 33.3 Å². The molecule has 1 fully saturated rings. The number of hydrogen-bond donors (Lipinski definition) is 5. The predicted octanol–water partition coefficient (Wildman–Crippen LogP) is -3.37. The molecule has 1 heterocycles. The third-order valence-corrected chi connectivity index (χ3v) is 2.43. The van der Waals surface area contributed by atoms with Crippen molar-refractivity contribution >= 4 is 0 Å². The molecule has 9 N–H and O–H groups in total. The first kappa shape index (κ1) is 12.7. The first-order valence-corrected chi connectivity index (χ1v) is 4.40. The van der Waals surface area contributed by atoms with E-state index in [1.165, 1.54) is 0 Å². The second-order valence-electron chi connectivity index (χ2n) is 3.22. The van der Waals surface area contributed by atoms with Gasteiger partial charge in [-0.05, 0) is 0 Å². The maximum atomic E-state index is 5.14. The van der Waals surface area contributed by atoms with Crippen LogP contribution in [0.3, 0.4) is 0 Å². The summed E-state index contributed by atoms with van der Waals surface area (Å²) >= 11 is 0. The lowest BCUT2D eigenvalue weighted by molar-refractivity contribution is -0.175. The summed E-state index contributed by atoms with van der Waals surface area (Å²) in [5, 5.41) is 3.04. The second-order valence-corrected chi connectivity index (χ2v) is 3.22. The Balaban J connectivity index is 2.65. The van der Waals surface area contributed by atoms with E-state index in [9.17, 15) is 0 Å². The summed E-state index contributed by atoms with van der Waals surface area (Å²) in [7, 11) is 0. The Morgan fingerprint density at radius 2 is 1.67 bits per heavy atom. The summed E-state index contributed by atoms with van der Waals surface area (Å²) < 4.78 is 0. The van der Waals surface area contributed by atoms with Gasteiger partial charge in [0.15, 0.2) is 0 Å². The summed E-state index contributed by atoms with van der Waals surface area (Å²) in [5.41, 5.74) is 0. The van der Waals surface area contributed by atoms with E-state index in [0.29, 0.717) is 6.54 Å². The van der Waals surface area contributed by atoms with Crippen LogP contribution < -0.4 is 28.9 Å². The highest BCUT2D eigenvalue weighted by atomic mass is 16.7. The van der Waals surface area contributed by atoms with Gasteiger partial charge in [-0.1, -0.05) is 0 Å². The molecule has 0 saturated carbocycles. The van der Waals surface area contributed by atoms with Crippen LogP contribution in [0.5, 0.6) is 0 Å². The summed E-state index contributed by atoms with van der Waals surface area (Å²) in [6, 6.07) is -0.236. The summed E-state index contributed by atoms with van der Waals surface area (Å²) in [5.74, 6) is 20.3. The minimum absolute atomic E-state index is 0.207. The quantitative estimate of drug-likeness (QED) is 0.300. The number of rotatable bonds is 5. The Morgan fingerprint density at radius 1 is 1.00 bits per heavy atom.